The minimum Gasteiger partial charge on any atom is -0.385 e. The predicted octanol–water partition coefficient (Wildman–Crippen LogP) is 1.51. The Kier molecular flexibility index (Phi) is 5.58. The van der Waals surface area contributed by atoms with E-state index in [4.69, 9.17) is 0 Å². The number of fused-ring (bicyclic) bond motifs is 2. The standard InChI is InChI=1S/C27H25N5O5/c33-23-6-5-22(24(34)30-23)32-25(35)18-3-2-17(14-19(18)26(32)36)27(37)7-11-31(12-8-27)15-16-1-4-20-21(13-16)29-10-9-28-20/h1-4,9-10,13-14,22,37H,5-8,11-12,15H2,(H,30,33,34). The Morgan fingerprint density at radius 2 is 1.65 bits per heavy atom. The van der Waals surface area contributed by atoms with Gasteiger partial charge in [0.25, 0.3) is 11.8 Å². The third kappa shape index (κ3) is 4.08. The Morgan fingerprint density at radius 1 is 0.919 bits per heavy atom. The third-order valence-corrected chi connectivity index (χ3v) is 7.60. The first-order valence-corrected chi connectivity index (χ1v) is 12.3. The molecule has 1 aromatic heterocycles. The highest BCUT2D eigenvalue weighted by molar-refractivity contribution is 6.23. The number of rotatable bonds is 4. The van der Waals surface area contributed by atoms with Gasteiger partial charge in [0.1, 0.15) is 6.04 Å². The zero-order valence-corrected chi connectivity index (χ0v) is 20.0. The Labute approximate surface area is 212 Å². The van der Waals surface area contributed by atoms with Gasteiger partial charge in [0.05, 0.1) is 27.8 Å². The molecule has 0 radical (unpaired) electrons. The van der Waals surface area contributed by atoms with Crippen molar-refractivity contribution in [3.8, 4) is 0 Å². The molecule has 0 spiro atoms. The van der Waals surface area contributed by atoms with Crippen LogP contribution < -0.4 is 5.32 Å². The van der Waals surface area contributed by atoms with Crippen LogP contribution in [-0.2, 0) is 21.7 Å². The van der Waals surface area contributed by atoms with Crippen molar-refractivity contribution in [1.29, 1.82) is 0 Å². The Morgan fingerprint density at radius 3 is 2.41 bits per heavy atom. The summed E-state index contributed by atoms with van der Waals surface area (Å²) in [6, 6.07) is 9.83. The van der Waals surface area contributed by atoms with E-state index in [1.54, 1.807) is 30.6 Å². The topological polar surface area (TPSA) is 133 Å². The number of piperidine rings is 2. The maximum Gasteiger partial charge on any atom is 0.262 e. The number of hydrogen-bond donors (Lipinski definition) is 2. The molecule has 2 N–H and O–H groups in total. The molecule has 10 heteroatoms. The smallest absolute Gasteiger partial charge is 0.262 e. The van der Waals surface area contributed by atoms with Crippen molar-refractivity contribution < 1.29 is 24.3 Å². The maximum absolute atomic E-state index is 13.2. The summed E-state index contributed by atoms with van der Waals surface area (Å²) in [4.78, 5) is 61.8. The van der Waals surface area contributed by atoms with Crippen LogP contribution in [0.2, 0.25) is 0 Å². The number of nitrogens with one attached hydrogen (secondary N) is 1. The number of benzene rings is 2. The van der Waals surface area contributed by atoms with E-state index in [0.29, 0.717) is 31.5 Å². The van der Waals surface area contributed by atoms with Gasteiger partial charge in [-0.05, 0) is 54.7 Å². The van der Waals surface area contributed by atoms with E-state index < -0.39 is 35.3 Å². The molecular formula is C27H25N5O5. The number of carbonyl (C=O) groups excluding carboxylic acids is 4. The van der Waals surface area contributed by atoms with Crippen molar-refractivity contribution in [2.45, 2.75) is 43.9 Å². The van der Waals surface area contributed by atoms with Crippen LogP contribution in [0.15, 0.2) is 48.8 Å². The maximum atomic E-state index is 13.2. The van der Waals surface area contributed by atoms with Crippen LogP contribution in [0.1, 0.15) is 57.5 Å². The second kappa shape index (κ2) is 8.82. The highest BCUT2D eigenvalue weighted by atomic mass is 16.3. The fourth-order valence-corrected chi connectivity index (χ4v) is 5.50. The van der Waals surface area contributed by atoms with Crippen molar-refractivity contribution >= 4 is 34.7 Å². The van der Waals surface area contributed by atoms with Crippen molar-refractivity contribution in [1.82, 2.24) is 25.1 Å². The van der Waals surface area contributed by atoms with Gasteiger partial charge in [-0.1, -0.05) is 12.1 Å². The van der Waals surface area contributed by atoms with Gasteiger partial charge in [-0.15, -0.1) is 0 Å². The number of carbonyl (C=O) groups is 4. The summed E-state index contributed by atoms with van der Waals surface area (Å²) in [5.74, 6) is -2.18. The van der Waals surface area contributed by atoms with Gasteiger partial charge >= 0.3 is 0 Å². The summed E-state index contributed by atoms with van der Waals surface area (Å²) in [6.45, 7) is 2.03. The van der Waals surface area contributed by atoms with Gasteiger partial charge in [0, 0.05) is 38.4 Å². The van der Waals surface area contributed by atoms with E-state index >= 15 is 0 Å². The number of aliphatic hydroxyl groups is 1. The zero-order chi connectivity index (χ0) is 25.7. The first-order chi connectivity index (χ1) is 17.8. The van der Waals surface area contributed by atoms with E-state index in [9.17, 15) is 24.3 Å². The van der Waals surface area contributed by atoms with Crippen molar-refractivity contribution in [2.24, 2.45) is 0 Å². The lowest BCUT2D eigenvalue weighted by Gasteiger charge is -2.38. The molecule has 188 valence electrons. The predicted molar refractivity (Wildman–Crippen MR) is 131 cm³/mol. The van der Waals surface area contributed by atoms with Crippen LogP contribution in [0.5, 0.6) is 0 Å². The average Bonchev–Trinajstić information content (AvgIpc) is 3.15. The molecule has 1 atom stereocenters. The molecule has 1 unspecified atom stereocenters. The molecule has 2 fully saturated rings. The van der Waals surface area contributed by atoms with E-state index in [1.165, 1.54) is 0 Å². The van der Waals surface area contributed by atoms with Crippen LogP contribution in [0, 0.1) is 0 Å². The second-order valence-corrected chi connectivity index (χ2v) is 9.89. The van der Waals surface area contributed by atoms with Gasteiger partial charge in [-0.25, -0.2) is 0 Å². The number of nitrogens with zero attached hydrogens (tertiary/aromatic N) is 4. The van der Waals surface area contributed by atoms with E-state index in [2.05, 4.69) is 20.2 Å². The van der Waals surface area contributed by atoms with Gasteiger partial charge < -0.3 is 5.11 Å². The molecule has 37 heavy (non-hydrogen) atoms. The highest BCUT2D eigenvalue weighted by Crippen LogP contribution is 2.36. The van der Waals surface area contributed by atoms with E-state index in [-0.39, 0.29) is 24.0 Å². The molecule has 4 heterocycles. The fraction of sp³-hybridized carbons (Fsp3) is 0.333. The first kappa shape index (κ1) is 23.4. The highest BCUT2D eigenvalue weighted by Gasteiger charge is 2.45. The molecule has 0 saturated carbocycles. The molecule has 6 rings (SSSR count). The molecule has 2 saturated heterocycles. The van der Waals surface area contributed by atoms with Gasteiger partial charge in [-0.2, -0.15) is 0 Å². The van der Waals surface area contributed by atoms with Crippen LogP contribution in [-0.4, -0.2) is 67.6 Å². The molecular weight excluding hydrogens is 474 g/mol. The second-order valence-electron chi connectivity index (χ2n) is 9.89. The van der Waals surface area contributed by atoms with Crippen molar-refractivity contribution in [2.75, 3.05) is 13.1 Å². The summed E-state index contributed by atoms with van der Waals surface area (Å²) < 4.78 is 0. The van der Waals surface area contributed by atoms with Crippen LogP contribution in [0.25, 0.3) is 11.0 Å². The van der Waals surface area contributed by atoms with Gasteiger partial charge in [-0.3, -0.25) is 44.3 Å². The first-order valence-electron chi connectivity index (χ1n) is 12.3. The monoisotopic (exact) mass is 499 g/mol. The lowest BCUT2D eigenvalue weighted by atomic mass is 9.83. The molecule has 4 amide bonds. The average molecular weight is 500 g/mol. The summed E-state index contributed by atoms with van der Waals surface area (Å²) in [7, 11) is 0. The number of amides is 4. The number of hydrogen-bond acceptors (Lipinski definition) is 8. The SMILES string of the molecule is O=C1CCC(N2C(=O)c3ccc(C4(O)CCN(Cc5ccc6nccnc6c5)CC4)cc3C2=O)C(=O)N1. The lowest BCUT2D eigenvalue weighted by molar-refractivity contribution is -0.136. The molecule has 0 aliphatic carbocycles. The van der Waals surface area contributed by atoms with Crippen molar-refractivity contribution in [3.63, 3.8) is 0 Å². The minimum absolute atomic E-state index is 0.0674. The summed E-state index contributed by atoms with van der Waals surface area (Å²) >= 11 is 0. The number of imide groups is 2. The molecule has 3 aromatic rings. The quantitative estimate of drug-likeness (QED) is 0.517. The van der Waals surface area contributed by atoms with E-state index in [1.807, 2.05) is 18.2 Å². The summed E-state index contributed by atoms with van der Waals surface area (Å²) in [5, 5.41) is 13.7. The van der Waals surface area contributed by atoms with Crippen molar-refractivity contribution in [3.05, 3.63) is 71.0 Å². The Bertz CT molecular complexity index is 1460. The normalized spacial score (nSPS) is 21.9. The molecule has 2 aromatic carbocycles. The van der Waals surface area contributed by atoms with Crippen LogP contribution in [0.4, 0.5) is 0 Å². The Balaban J connectivity index is 1.16. The van der Waals surface area contributed by atoms with Gasteiger partial charge in [0.15, 0.2) is 0 Å². The van der Waals surface area contributed by atoms with Crippen LogP contribution >= 0.6 is 0 Å². The summed E-state index contributed by atoms with van der Waals surface area (Å²) in [5.41, 5.74) is 2.65. The minimum atomic E-state index is -1.13. The number of likely N-dealkylation sites (tertiary alicyclic amines) is 1. The molecule has 3 aliphatic rings. The zero-order valence-electron chi connectivity index (χ0n) is 20.0. The summed E-state index contributed by atoms with van der Waals surface area (Å²) in [6.07, 6.45) is 4.45. The lowest BCUT2D eigenvalue weighted by Crippen LogP contribution is -2.54. The third-order valence-electron chi connectivity index (χ3n) is 7.60. The molecule has 0 bridgehead atoms. The molecule has 3 aliphatic heterocycles. The van der Waals surface area contributed by atoms with E-state index in [0.717, 1.165) is 28.0 Å². The van der Waals surface area contributed by atoms with Gasteiger partial charge in [0.2, 0.25) is 11.8 Å². The fourth-order valence-electron chi connectivity index (χ4n) is 5.50. The Hall–Kier alpha value is -4.02. The largest absolute Gasteiger partial charge is 0.385 e. The molecule has 10 nitrogen and oxygen atoms in total. The van der Waals surface area contributed by atoms with Crippen LogP contribution in [0.3, 0.4) is 0 Å². The number of aromatic nitrogens is 2.